The van der Waals surface area contributed by atoms with Crippen LogP contribution in [0.1, 0.15) is 18.9 Å². The maximum absolute atomic E-state index is 6.35. The molecule has 0 fully saturated rings. The Morgan fingerprint density at radius 3 is 2.60 bits per heavy atom. The number of hydrogen-bond donors (Lipinski definition) is 1. The third-order valence-corrected chi connectivity index (χ3v) is 4.77. The molecule has 2 rings (SSSR count). The largest absolute Gasteiger partial charge is 0.327 e. The summed E-state index contributed by atoms with van der Waals surface area (Å²) in [6, 6.07) is 14.1. The van der Waals surface area contributed by atoms with Gasteiger partial charge < -0.3 is 5.73 Å². The van der Waals surface area contributed by atoms with E-state index in [0.717, 1.165) is 32.7 Å². The second kappa shape index (κ2) is 7.37. The number of rotatable bonds is 5. The third kappa shape index (κ3) is 4.42. The van der Waals surface area contributed by atoms with Crippen molar-refractivity contribution >= 4 is 35.0 Å². The maximum atomic E-state index is 6.35. The van der Waals surface area contributed by atoms with Crippen molar-refractivity contribution in [2.24, 2.45) is 5.73 Å². The van der Waals surface area contributed by atoms with Crippen molar-refractivity contribution in [3.8, 4) is 0 Å². The molecule has 0 bridgehead atoms. The van der Waals surface area contributed by atoms with Crippen LogP contribution in [-0.2, 0) is 6.42 Å². The van der Waals surface area contributed by atoms with Gasteiger partial charge in [0.25, 0.3) is 0 Å². The van der Waals surface area contributed by atoms with Crippen molar-refractivity contribution in [3.05, 3.63) is 58.1 Å². The lowest BCUT2D eigenvalue weighted by atomic mass is 10.1. The summed E-state index contributed by atoms with van der Waals surface area (Å²) in [7, 11) is 0. The first-order chi connectivity index (χ1) is 9.58. The van der Waals surface area contributed by atoms with Gasteiger partial charge >= 0.3 is 0 Å². The van der Waals surface area contributed by atoms with Crippen LogP contribution in [-0.4, -0.2) is 6.04 Å². The van der Waals surface area contributed by atoms with Gasteiger partial charge in [0.1, 0.15) is 0 Å². The Kier molecular flexibility index (Phi) is 5.79. The number of nitrogens with two attached hydrogens (primary N) is 1. The van der Waals surface area contributed by atoms with Gasteiger partial charge in [0.05, 0.1) is 5.02 Å². The predicted molar refractivity (Wildman–Crippen MR) is 89.0 cm³/mol. The summed E-state index contributed by atoms with van der Waals surface area (Å²) >= 11 is 14.0. The zero-order valence-corrected chi connectivity index (χ0v) is 13.6. The average molecular weight is 326 g/mol. The maximum Gasteiger partial charge on any atom is 0.0548 e. The van der Waals surface area contributed by atoms with Crippen LogP contribution in [0.3, 0.4) is 0 Å². The first-order valence-corrected chi connectivity index (χ1v) is 8.13. The van der Waals surface area contributed by atoms with Crippen LogP contribution in [0.15, 0.2) is 52.3 Å². The minimum atomic E-state index is 0.192. The molecule has 2 aromatic rings. The van der Waals surface area contributed by atoms with Crippen LogP contribution in [0.2, 0.25) is 10.0 Å². The summed E-state index contributed by atoms with van der Waals surface area (Å²) in [5.41, 5.74) is 7.15. The molecule has 0 radical (unpaired) electrons. The fourth-order valence-corrected chi connectivity index (χ4v) is 3.31. The van der Waals surface area contributed by atoms with E-state index in [2.05, 4.69) is 13.0 Å². The molecule has 0 spiro atoms. The van der Waals surface area contributed by atoms with Gasteiger partial charge in [-0.2, -0.15) is 0 Å². The molecule has 0 saturated carbocycles. The lowest BCUT2D eigenvalue weighted by Gasteiger charge is -2.11. The van der Waals surface area contributed by atoms with Gasteiger partial charge in [-0.3, -0.25) is 0 Å². The second-order valence-electron chi connectivity index (χ2n) is 4.70. The van der Waals surface area contributed by atoms with Gasteiger partial charge in [-0.15, -0.1) is 0 Å². The van der Waals surface area contributed by atoms with E-state index in [1.807, 2.05) is 36.4 Å². The molecule has 106 valence electrons. The van der Waals surface area contributed by atoms with Crippen molar-refractivity contribution in [3.63, 3.8) is 0 Å². The van der Waals surface area contributed by atoms with Gasteiger partial charge in [0, 0.05) is 20.9 Å². The molecule has 0 saturated heterocycles. The standard InChI is InChI=1S/C16H17Cl2NS/c1-2-13(19)8-11-6-7-16(15(18)9-11)20-14-5-3-4-12(17)10-14/h3-7,9-10,13H,2,8,19H2,1H3. The Balaban J connectivity index is 2.13. The van der Waals surface area contributed by atoms with Crippen LogP contribution in [0.4, 0.5) is 0 Å². The summed E-state index contributed by atoms with van der Waals surface area (Å²) in [6.45, 7) is 2.09. The zero-order valence-electron chi connectivity index (χ0n) is 11.3. The van der Waals surface area contributed by atoms with E-state index >= 15 is 0 Å². The quantitative estimate of drug-likeness (QED) is 0.793. The molecule has 1 nitrogen and oxygen atoms in total. The molecule has 0 amide bonds. The molecular formula is C16H17Cl2NS. The van der Waals surface area contributed by atoms with E-state index in [1.54, 1.807) is 11.8 Å². The van der Waals surface area contributed by atoms with E-state index in [4.69, 9.17) is 28.9 Å². The fourth-order valence-electron chi connectivity index (χ4n) is 1.86. The molecule has 0 aromatic heterocycles. The summed E-state index contributed by atoms with van der Waals surface area (Å²) in [4.78, 5) is 2.11. The Morgan fingerprint density at radius 1 is 1.15 bits per heavy atom. The van der Waals surface area contributed by atoms with Crippen LogP contribution in [0, 0.1) is 0 Å². The summed E-state index contributed by atoms with van der Waals surface area (Å²) < 4.78 is 0. The smallest absolute Gasteiger partial charge is 0.0548 e. The van der Waals surface area contributed by atoms with Crippen LogP contribution >= 0.6 is 35.0 Å². The van der Waals surface area contributed by atoms with Gasteiger partial charge in [0.2, 0.25) is 0 Å². The van der Waals surface area contributed by atoms with Crippen molar-refractivity contribution in [2.75, 3.05) is 0 Å². The van der Waals surface area contributed by atoms with E-state index in [0.29, 0.717) is 0 Å². The van der Waals surface area contributed by atoms with E-state index in [1.165, 1.54) is 5.56 Å². The third-order valence-electron chi connectivity index (χ3n) is 3.04. The molecule has 1 unspecified atom stereocenters. The monoisotopic (exact) mass is 325 g/mol. The number of hydrogen-bond acceptors (Lipinski definition) is 2. The molecule has 2 N–H and O–H groups in total. The molecule has 0 aliphatic heterocycles. The summed E-state index contributed by atoms with van der Waals surface area (Å²) in [5, 5.41) is 1.49. The molecule has 20 heavy (non-hydrogen) atoms. The lowest BCUT2D eigenvalue weighted by Crippen LogP contribution is -2.21. The van der Waals surface area contributed by atoms with Crippen LogP contribution < -0.4 is 5.73 Å². The lowest BCUT2D eigenvalue weighted by molar-refractivity contribution is 0.646. The van der Waals surface area contributed by atoms with E-state index in [-0.39, 0.29) is 6.04 Å². The minimum absolute atomic E-state index is 0.192. The van der Waals surface area contributed by atoms with E-state index in [9.17, 15) is 0 Å². The van der Waals surface area contributed by atoms with Crippen LogP contribution in [0.5, 0.6) is 0 Å². The Hall–Kier alpha value is -0.670. The van der Waals surface area contributed by atoms with Gasteiger partial charge in [-0.25, -0.2) is 0 Å². The molecule has 0 aliphatic carbocycles. The van der Waals surface area contributed by atoms with Gasteiger partial charge in [-0.05, 0) is 48.7 Å². The zero-order chi connectivity index (χ0) is 14.5. The minimum Gasteiger partial charge on any atom is -0.327 e. The first-order valence-electron chi connectivity index (χ1n) is 6.56. The summed E-state index contributed by atoms with van der Waals surface area (Å²) in [5.74, 6) is 0. The van der Waals surface area contributed by atoms with E-state index < -0.39 is 0 Å². The average Bonchev–Trinajstić information content (AvgIpc) is 2.42. The fraction of sp³-hybridized carbons (Fsp3) is 0.250. The Morgan fingerprint density at radius 2 is 1.95 bits per heavy atom. The highest BCUT2D eigenvalue weighted by Gasteiger charge is 2.07. The van der Waals surface area contributed by atoms with Crippen molar-refractivity contribution < 1.29 is 0 Å². The Bertz CT molecular complexity index is 586. The molecule has 1 atom stereocenters. The molecular weight excluding hydrogens is 309 g/mol. The van der Waals surface area contributed by atoms with Gasteiger partial charge in [0.15, 0.2) is 0 Å². The highest BCUT2D eigenvalue weighted by Crippen LogP contribution is 2.34. The predicted octanol–water partition coefficient (Wildman–Crippen LogP) is 5.42. The second-order valence-corrected chi connectivity index (χ2v) is 6.66. The van der Waals surface area contributed by atoms with Crippen molar-refractivity contribution in [1.29, 1.82) is 0 Å². The highest BCUT2D eigenvalue weighted by atomic mass is 35.5. The van der Waals surface area contributed by atoms with Crippen molar-refractivity contribution in [2.45, 2.75) is 35.6 Å². The molecule has 0 aliphatic rings. The highest BCUT2D eigenvalue weighted by molar-refractivity contribution is 7.99. The van der Waals surface area contributed by atoms with Crippen LogP contribution in [0.25, 0.3) is 0 Å². The number of halogens is 2. The first kappa shape index (κ1) is 15.7. The summed E-state index contributed by atoms with van der Waals surface area (Å²) in [6.07, 6.45) is 1.83. The molecule has 0 heterocycles. The number of benzene rings is 2. The molecule has 4 heteroatoms. The normalized spacial score (nSPS) is 12.4. The van der Waals surface area contributed by atoms with Crippen molar-refractivity contribution in [1.82, 2.24) is 0 Å². The molecule has 2 aromatic carbocycles. The topological polar surface area (TPSA) is 26.0 Å². The van der Waals surface area contributed by atoms with Gasteiger partial charge in [-0.1, -0.05) is 54.0 Å². The SMILES string of the molecule is CCC(N)Cc1ccc(Sc2cccc(Cl)c2)c(Cl)c1. The Labute approximate surface area is 134 Å².